The van der Waals surface area contributed by atoms with Crippen LogP contribution in [0.3, 0.4) is 0 Å². The van der Waals surface area contributed by atoms with Crippen LogP contribution < -0.4 is 10.6 Å². The van der Waals surface area contributed by atoms with Crippen LogP contribution in [0.25, 0.3) is 0 Å². The van der Waals surface area contributed by atoms with Crippen LogP contribution in [0.2, 0.25) is 0 Å². The zero-order valence-corrected chi connectivity index (χ0v) is 14.9. The average Bonchev–Trinajstić information content (AvgIpc) is 2.72. The lowest BCUT2D eigenvalue weighted by atomic mass is 10.0. The summed E-state index contributed by atoms with van der Waals surface area (Å²) in [7, 11) is 0. The Morgan fingerprint density at radius 2 is 2.10 bits per heavy atom. The third-order valence-electron chi connectivity index (χ3n) is 2.89. The summed E-state index contributed by atoms with van der Waals surface area (Å²) in [4.78, 5) is 11.7. The number of hydrogen-bond donors (Lipinski definition) is 2. The normalized spacial score (nSPS) is 13.3. The SMILES string of the molecule is CC(C)C(CNC(=O)OC(C)(C)C)NCc1occc1Br. The molecule has 1 atom stereocenters. The number of ether oxygens (including phenoxy) is 1. The molecule has 1 unspecified atom stereocenters. The second kappa shape index (κ2) is 7.84. The molecule has 2 N–H and O–H groups in total. The molecule has 0 fully saturated rings. The van der Waals surface area contributed by atoms with Gasteiger partial charge in [-0.1, -0.05) is 13.8 Å². The number of amides is 1. The largest absolute Gasteiger partial charge is 0.467 e. The van der Waals surface area contributed by atoms with Crippen molar-refractivity contribution in [3.63, 3.8) is 0 Å². The summed E-state index contributed by atoms with van der Waals surface area (Å²) in [5.41, 5.74) is -0.482. The second-order valence-electron chi connectivity index (χ2n) is 6.31. The zero-order chi connectivity index (χ0) is 16.0. The molecular weight excluding hydrogens is 336 g/mol. The van der Waals surface area contributed by atoms with E-state index in [9.17, 15) is 4.79 Å². The first kappa shape index (κ1) is 18.0. The Bertz CT molecular complexity index is 452. The molecule has 0 aromatic carbocycles. The van der Waals surface area contributed by atoms with E-state index >= 15 is 0 Å². The van der Waals surface area contributed by atoms with E-state index in [0.29, 0.717) is 19.0 Å². The smallest absolute Gasteiger partial charge is 0.407 e. The third-order valence-corrected chi connectivity index (χ3v) is 3.59. The number of halogens is 1. The third kappa shape index (κ3) is 7.00. The lowest BCUT2D eigenvalue weighted by Gasteiger charge is -2.24. The van der Waals surface area contributed by atoms with Crippen LogP contribution in [0, 0.1) is 5.92 Å². The highest BCUT2D eigenvalue weighted by molar-refractivity contribution is 9.10. The van der Waals surface area contributed by atoms with E-state index in [1.165, 1.54) is 0 Å². The van der Waals surface area contributed by atoms with Gasteiger partial charge in [0.05, 0.1) is 17.3 Å². The number of hydrogen-bond acceptors (Lipinski definition) is 4. The Morgan fingerprint density at radius 1 is 1.43 bits per heavy atom. The van der Waals surface area contributed by atoms with Crippen LogP contribution in [0.1, 0.15) is 40.4 Å². The molecule has 0 radical (unpaired) electrons. The van der Waals surface area contributed by atoms with E-state index in [-0.39, 0.29) is 6.04 Å². The van der Waals surface area contributed by atoms with Gasteiger partial charge in [-0.2, -0.15) is 0 Å². The van der Waals surface area contributed by atoms with Crippen molar-refractivity contribution in [1.82, 2.24) is 10.6 Å². The molecule has 1 aromatic rings. The minimum atomic E-state index is -0.482. The minimum absolute atomic E-state index is 0.134. The van der Waals surface area contributed by atoms with Gasteiger partial charge >= 0.3 is 6.09 Å². The Labute approximate surface area is 134 Å². The monoisotopic (exact) mass is 360 g/mol. The van der Waals surface area contributed by atoms with Gasteiger partial charge in [-0.3, -0.25) is 0 Å². The van der Waals surface area contributed by atoms with E-state index in [2.05, 4.69) is 40.4 Å². The number of rotatable bonds is 6. The number of nitrogens with one attached hydrogen (secondary N) is 2. The number of furan rings is 1. The van der Waals surface area contributed by atoms with Gasteiger partial charge in [-0.05, 0) is 48.7 Å². The average molecular weight is 361 g/mol. The molecule has 21 heavy (non-hydrogen) atoms. The van der Waals surface area contributed by atoms with Gasteiger partial charge in [0, 0.05) is 12.6 Å². The van der Waals surface area contributed by atoms with Crippen molar-refractivity contribution in [2.75, 3.05) is 6.54 Å². The summed E-state index contributed by atoms with van der Waals surface area (Å²) in [5.74, 6) is 1.21. The van der Waals surface area contributed by atoms with Crippen LogP contribution >= 0.6 is 15.9 Å². The zero-order valence-electron chi connectivity index (χ0n) is 13.3. The lowest BCUT2D eigenvalue weighted by Crippen LogP contribution is -2.45. The number of alkyl carbamates (subject to hydrolysis) is 1. The summed E-state index contributed by atoms with van der Waals surface area (Å²) in [6, 6.07) is 2.00. The number of carbonyl (C=O) groups is 1. The summed E-state index contributed by atoms with van der Waals surface area (Å²) in [5, 5.41) is 6.19. The van der Waals surface area contributed by atoms with Gasteiger partial charge in [0.1, 0.15) is 11.4 Å². The van der Waals surface area contributed by atoms with Crippen molar-refractivity contribution < 1.29 is 13.9 Å². The van der Waals surface area contributed by atoms with Crippen LogP contribution in [0.4, 0.5) is 4.79 Å². The Balaban J connectivity index is 2.43. The molecule has 120 valence electrons. The predicted molar refractivity (Wildman–Crippen MR) is 86.1 cm³/mol. The van der Waals surface area contributed by atoms with Crippen molar-refractivity contribution in [3.05, 3.63) is 22.6 Å². The highest BCUT2D eigenvalue weighted by atomic mass is 79.9. The first-order chi connectivity index (χ1) is 9.69. The standard InChI is InChI=1S/C15H25BrN2O3/c1-10(2)12(8-18-14(19)21-15(3,4)5)17-9-13-11(16)6-7-20-13/h6-7,10,12,17H,8-9H2,1-5H3,(H,18,19). The maximum absolute atomic E-state index is 11.7. The maximum Gasteiger partial charge on any atom is 0.407 e. The molecule has 1 rings (SSSR count). The van der Waals surface area contributed by atoms with E-state index in [4.69, 9.17) is 9.15 Å². The Morgan fingerprint density at radius 3 is 2.57 bits per heavy atom. The van der Waals surface area contributed by atoms with Gasteiger partial charge in [-0.25, -0.2) is 4.79 Å². The molecular formula is C15H25BrN2O3. The minimum Gasteiger partial charge on any atom is -0.467 e. The van der Waals surface area contributed by atoms with E-state index in [1.54, 1.807) is 6.26 Å². The second-order valence-corrected chi connectivity index (χ2v) is 7.16. The molecule has 5 nitrogen and oxygen atoms in total. The van der Waals surface area contributed by atoms with Gasteiger partial charge < -0.3 is 19.8 Å². The fraction of sp³-hybridized carbons (Fsp3) is 0.667. The quantitative estimate of drug-likeness (QED) is 0.811. The van der Waals surface area contributed by atoms with Crippen molar-refractivity contribution in [2.45, 2.75) is 52.8 Å². The molecule has 0 saturated heterocycles. The van der Waals surface area contributed by atoms with Crippen LogP contribution in [-0.4, -0.2) is 24.3 Å². The number of carbonyl (C=O) groups excluding carboxylic acids is 1. The molecule has 0 aliphatic carbocycles. The summed E-state index contributed by atoms with van der Waals surface area (Å²) in [6.07, 6.45) is 1.25. The van der Waals surface area contributed by atoms with Crippen molar-refractivity contribution in [2.24, 2.45) is 5.92 Å². The van der Waals surface area contributed by atoms with Gasteiger partial charge in [0.15, 0.2) is 0 Å². The molecule has 1 amide bonds. The maximum atomic E-state index is 11.7. The molecule has 0 aliphatic heterocycles. The summed E-state index contributed by atoms with van der Waals surface area (Å²) in [6.45, 7) is 10.9. The molecule has 0 bridgehead atoms. The molecule has 0 saturated carbocycles. The molecule has 1 aromatic heterocycles. The lowest BCUT2D eigenvalue weighted by molar-refractivity contribution is 0.0519. The summed E-state index contributed by atoms with van der Waals surface area (Å²) < 4.78 is 11.5. The van der Waals surface area contributed by atoms with Crippen molar-refractivity contribution in [1.29, 1.82) is 0 Å². The highest BCUT2D eigenvalue weighted by Crippen LogP contribution is 2.17. The summed E-state index contributed by atoms with van der Waals surface area (Å²) >= 11 is 3.43. The Kier molecular flexibility index (Phi) is 6.74. The van der Waals surface area contributed by atoms with E-state index in [1.807, 2.05) is 26.8 Å². The first-order valence-electron chi connectivity index (χ1n) is 7.11. The molecule has 6 heteroatoms. The Hall–Kier alpha value is -1.01. The van der Waals surface area contributed by atoms with Gasteiger partial charge in [0.2, 0.25) is 0 Å². The topological polar surface area (TPSA) is 63.5 Å². The van der Waals surface area contributed by atoms with Crippen molar-refractivity contribution in [3.8, 4) is 0 Å². The predicted octanol–water partition coefficient (Wildman–Crippen LogP) is 3.68. The fourth-order valence-electron chi connectivity index (χ4n) is 1.73. The first-order valence-corrected chi connectivity index (χ1v) is 7.90. The van der Waals surface area contributed by atoms with Gasteiger partial charge in [0.25, 0.3) is 0 Å². The van der Waals surface area contributed by atoms with E-state index < -0.39 is 11.7 Å². The van der Waals surface area contributed by atoms with E-state index in [0.717, 1.165) is 10.2 Å². The fourth-order valence-corrected chi connectivity index (χ4v) is 2.07. The van der Waals surface area contributed by atoms with Crippen molar-refractivity contribution >= 4 is 22.0 Å². The molecule has 0 spiro atoms. The molecule has 0 aliphatic rings. The van der Waals surface area contributed by atoms with Crippen LogP contribution in [0.15, 0.2) is 21.2 Å². The van der Waals surface area contributed by atoms with Crippen LogP contribution in [-0.2, 0) is 11.3 Å². The van der Waals surface area contributed by atoms with Crippen LogP contribution in [0.5, 0.6) is 0 Å². The van der Waals surface area contributed by atoms with Gasteiger partial charge in [-0.15, -0.1) is 0 Å². The highest BCUT2D eigenvalue weighted by Gasteiger charge is 2.19. The molecule has 1 heterocycles.